The van der Waals surface area contributed by atoms with Gasteiger partial charge in [0.25, 0.3) is 0 Å². The van der Waals surface area contributed by atoms with E-state index in [9.17, 15) is 5.11 Å². The molecule has 1 atom stereocenters. The van der Waals surface area contributed by atoms with Gasteiger partial charge in [-0.05, 0) is 23.8 Å². The van der Waals surface area contributed by atoms with Crippen LogP contribution in [0.4, 0.5) is 0 Å². The molecule has 2 aromatic heterocycles. The van der Waals surface area contributed by atoms with Gasteiger partial charge >= 0.3 is 0 Å². The summed E-state index contributed by atoms with van der Waals surface area (Å²) in [5.74, 6) is 1.64. The van der Waals surface area contributed by atoms with E-state index in [-0.39, 0.29) is 11.7 Å². The number of phenolic OH excluding ortho intramolecular Hbond substituents is 1. The molecule has 1 unspecified atom stereocenters. The lowest BCUT2D eigenvalue weighted by Crippen LogP contribution is -2.14. The third kappa shape index (κ3) is 2.89. The Labute approximate surface area is 185 Å². The fourth-order valence-electron chi connectivity index (χ4n) is 4.05. The molecule has 0 spiro atoms. The monoisotopic (exact) mass is 470 g/mol. The zero-order valence-corrected chi connectivity index (χ0v) is 17.7. The van der Waals surface area contributed by atoms with Crippen LogP contribution in [0.2, 0.25) is 0 Å². The van der Waals surface area contributed by atoms with Gasteiger partial charge in [-0.15, -0.1) is 5.10 Å². The summed E-state index contributed by atoms with van der Waals surface area (Å²) >= 11 is 3.59. The summed E-state index contributed by atoms with van der Waals surface area (Å²) in [5, 5.41) is 14.7. The molecule has 150 valence electrons. The van der Waals surface area contributed by atoms with Crippen molar-refractivity contribution in [1.82, 2.24) is 19.6 Å². The highest BCUT2D eigenvalue weighted by molar-refractivity contribution is 9.10. The topological polar surface area (TPSA) is 72.5 Å². The summed E-state index contributed by atoms with van der Waals surface area (Å²) in [5.41, 5.74) is 4.45. The minimum Gasteiger partial charge on any atom is -0.508 e. The molecule has 6 nitrogen and oxygen atoms in total. The fourth-order valence-corrected chi connectivity index (χ4v) is 4.51. The zero-order chi connectivity index (χ0) is 20.9. The van der Waals surface area contributed by atoms with Crippen LogP contribution in [0.3, 0.4) is 0 Å². The van der Waals surface area contributed by atoms with E-state index in [0.29, 0.717) is 23.1 Å². The average molecular weight is 471 g/mol. The number of ether oxygens (including phenoxy) is 1. The summed E-state index contributed by atoms with van der Waals surface area (Å²) in [6.07, 6.45) is 1.61. The third-order valence-electron chi connectivity index (χ3n) is 5.44. The predicted molar refractivity (Wildman–Crippen MR) is 119 cm³/mol. The molecule has 0 saturated carbocycles. The molecule has 0 amide bonds. The molecule has 3 heterocycles. The molecule has 0 radical (unpaired) electrons. The number of aromatic hydroxyl groups is 1. The first-order valence-electron chi connectivity index (χ1n) is 9.75. The van der Waals surface area contributed by atoms with Crippen molar-refractivity contribution in [2.75, 3.05) is 0 Å². The van der Waals surface area contributed by atoms with E-state index in [0.717, 1.165) is 26.7 Å². The maximum Gasteiger partial charge on any atom is 0.228 e. The van der Waals surface area contributed by atoms with Crippen LogP contribution in [-0.2, 0) is 0 Å². The lowest BCUT2D eigenvalue weighted by Gasteiger charge is -2.27. The highest BCUT2D eigenvalue weighted by Gasteiger charge is 2.33. The second-order valence-corrected chi connectivity index (χ2v) is 8.17. The Balaban J connectivity index is 1.63. The number of benzene rings is 3. The summed E-state index contributed by atoms with van der Waals surface area (Å²) in [6, 6.07) is 23.2. The lowest BCUT2D eigenvalue weighted by molar-refractivity contribution is 0.422. The number of hydrogen-bond acceptors (Lipinski definition) is 5. The van der Waals surface area contributed by atoms with Gasteiger partial charge in [0.05, 0.1) is 5.56 Å². The van der Waals surface area contributed by atoms with Crippen molar-refractivity contribution in [3.63, 3.8) is 0 Å². The zero-order valence-electron chi connectivity index (χ0n) is 16.1. The molecule has 1 N–H and O–H groups in total. The van der Waals surface area contributed by atoms with E-state index in [1.807, 2.05) is 48.5 Å². The Hall–Kier alpha value is -3.71. The molecule has 0 fully saturated rings. The molecule has 0 saturated heterocycles. The van der Waals surface area contributed by atoms with Crippen LogP contribution in [0.15, 0.2) is 83.6 Å². The van der Waals surface area contributed by atoms with Gasteiger partial charge in [-0.3, -0.25) is 0 Å². The number of aromatic nitrogens is 4. The van der Waals surface area contributed by atoms with Crippen LogP contribution in [0, 0.1) is 0 Å². The SMILES string of the molecule is Oc1ccc2c(c1)Oc1ncn3nc(-c4ccccc4Br)nc3c1C2c1ccccc1. The van der Waals surface area contributed by atoms with Gasteiger partial charge in [-0.25, -0.2) is 14.5 Å². The van der Waals surface area contributed by atoms with Gasteiger partial charge in [0, 0.05) is 27.6 Å². The van der Waals surface area contributed by atoms with Crippen LogP contribution < -0.4 is 4.74 Å². The summed E-state index contributed by atoms with van der Waals surface area (Å²) in [6.45, 7) is 0. The maximum absolute atomic E-state index is 9.99. The van der Waals surface area contributed by atoms with Crippen molar-refractivity contribution < 1.29 is 9.84 Å². The molecule has 0 bridgehead atoms. The van der Waals surface area contributed by atoms with E-state index in [1.54, 1.807) is 23.0 Å². The number of phenols is 1. The van der Waals surface area contributed by atoms with Crippen molar-refractivity contribution in [3.8, 4) is 28.8 Å². The molecular weight excluding hydrogens is 456 g/mol. The van der Waals surface area contributed by atoms with Gasteiger partial charge < -0.3 is 9.84 Å². The van der Waals surface area contributed by atoms with Crippen molar-refractivity contribution in [1.29, 1.82) is 0 Å². The smallest absolute Gasteiger partial charge is 0.228 e. The van der Waals surface area contributed by atoms with Crippen LogP contribution in [0.25, 0.3) is 17.0 Å². The van der Waals surface area contributed by atoms with Gasteiger partial charge in [0.2, 0.25) is 5.88 Å². The van der Waals surface area contributed by atoms with E-state index in [1.165, 1.54) is 0 Å². The standard InChI is InChI=1S/C24H15BrN4O2/c25-18-9-5-4-8-16(18)22-27-23-21-20(14-6-2-1-3-7-14)17-11-10-15(30)12-19(17)31-24(21)26-13-29(23)28-22/h1-13,20,30H. The van der Waals surface area contributed by atoms with Crippen LogP contribution in [-0.4, -0.2) is 24.7 Å². The number of hydrogen-bond donors (Lipinski definition) is 1. The Kier molecular flexibility index (Phi) is 4.04. The second kappa shape index (κ2) is 6.92. The molecule has 0 aliphatic carbocycles. The normalized spacial score (nSPS) is 14.7. The van der Waals surface area contributed by atoms with Crippen molar-refractivity contribution >= 4 is 21.6 Å². The molecule has 6 rings (SSSR count). The van der Waals surface area contributed by atoms with Crippen molar-refractivity contribution in [2.24, 2.45) is 0 Å². The molecule has 7 heteroatoms. The van der Waals surface area contributed by atoms with Crippen molar-refractivity contribution in [2.45, 2.75) is 5.92 Å². The van der Waals surface area contributed by atoms with Crippen LogP contribution in [0.5, 0.6) is 17.4 Å². The van der Waals surface area contributed by atoms with Gasteiger partial charge in [-0.1, -0.05) is 64.5 Å². The molecule has 5 aromatic rings. The number of nitrogens with zero attached hydrogens (tertiary/aromatic N) is 4. The van der Waals surface area contributed by atoms with Crippen molar-refractivity contribution in [3.05, 3.63) is 100 Å². The number of fused-ring (bicyclic) bond motifs is 4. The quantitative estimate of drug-likeness (QED) is 0.359. The molecule has 1 aliphatic rings. The number of rotatable bonds is 2. The van der Waals surface area contributed by atoms with E-state index >= 15 is 0 Å². The third-order valence-corrected chi connectivity index (χ3v) is 6.13. The van der Waals surface area contributed by atoms with Crippen LogP contribution in [0.1, 0.15) is 22.6 Å². The van der Waals surface area contributed by atoms with Gasteiger partial charge in [0.1, 0.15) is 17.8 Å². The first kappa shape index (κ1) is 18.1. The minimum atomic E-state index is -0.159. The Morgan fingerprint density at radius 3 is 2.61 bits per heavy atom. The Morgan fingerprint density at radius 2 is 1.77 bits per heavy atom. The van der Waals surface area contributed by atoms with E-state index in [2.05, 4.69) is 38.1 Å². The maximum atomic E-state index is 9.99. The average Bonchev–Trinajstić information content (AvgIpc) is 3.22. The Morgan fingerprint density at radius 1 is 0.968 bits per heavy atom. The number of halogens is 1. The summed E-state index contributed by atoms with van der Waals surface area (Å²) in [4.78, 5) is 9.40. The summed E-state index contributed by atoms with van der Waals surface area (Å²) in [7, 11) is 0. The predicted octanol–water partition coefficient (Wildman–Crippen LogP) is 5.55. The lowest BCUT2D eigenvalue weighted by atomic mass is 9.84. The fraction of sp³-hybridized carbons (Fsp3) is 0.0417. The first-order valence-corrected chi connectivity index (χ1v) is 10.5. The molecule has 1 aliphatic heterocycles. The first-order chi connectivity index (χ1) is 15.2. The molecule has 3 aromatic carbocycles. The van der Waals surface area contributed by atoms with Gasteiger partial charge in [-0.2, -0.15) is 0 Å². The second-order valence-electron chi connectivity index (χ2n) is 7.31. The largest absolute Gasteiger partial charge is 0.508 e. The molecule has 31 heavy (non-hydrogen) atoms. The Bertz CT molecular complexity index is 1450. The van der Waals surface area contributed by atoms with E-state index in [4.69, 9.17) is 9.72 Å². The van der Waals surface area contributed by atoms with E-state index < -0.39 is 0 Å². The summed E-state index contributed by atoms with van der Waals surface area (Å²) < 4.78 is 8.71. The minimum absolute atomic E-state index is 0.147. The highest BCUT2D eigenvalue weighted by atomic mass is 79.9. The van der Waals surface area contributed by atoms with Gasteiger partial charge in [0.15, 0.2) is 11.5 Å². The van der Waals surface area contributed by atoms with Crippen LogP contribution >= 0.6 is 15.9 Å². The molecular formula is C24H15BrN4O2. The highest BCUT2D eigenvalue weighted by Crippen LogP contribution is 2.48.